The fourth-order valence-corrected chi connectivity index (χ4v) is 3.27. The molecule has 0 atom stereocenters. The molecule has 136 valence electrons. The number of rotatable bonds is 5. The summed E-state index contributed by atoms with van der Waals surface area (Å²) in [5, 5.41) is 12.4. The predicted octanol–water partition coefficient (Wildman–Crippen LogP) is 3.08. The number of benzene rings is 2. The molecular weight excluding hydrogens is 338 g/mol. The molecular formula is C22H21N3O2. The van der Waals surface area contributed by atoms with Gasteiger partial charge in [0.05, 0.1) is 11.3 Å². The quantitative estimate of drug-likeness (QED) is 0.659. The molecule has 1 aliphatic heterocycles. The standard InChI is InChI=1S/C22H21N3O2/c1-15(2)25-19-11-7-6-10-17(19)20(22(25)27)18(14-23)21(26)24-13-12-16-8-4-3-5-9-16/h3-11,15H,12-13H2,1-2H3,(H,24,26). The first-order valence-electron chi connectivity index (χ1n) is 8.94. The highest BCUT2D eigenvalue weighted by Gasteiger charge is 2.37. The molecule has 0 aliphatic carbocycles. The van der Waals surface area contributed by atoms with Crippen molar-refractivity contribution in [3.8, 4) is 6.07 Å². The summed E-state index contributed by atoms with van der Waals surface area (Å²) in [5.74, 6) is -0.821. The fourth-order valence-electron chi connectivity index (χ4n) is 3.27. The van der Waals surface area contributed by atoms with Crippen molar-refractivity contribution < 1.29 is 9.59 Å². The lowest BCUT2D eigenvalue weighted by molar-refractivity contribution is -0.118. The Bertz CT molecular complexity index is 940. The van der Waals surface area contributed by atoms with Crippen LogP contribution in [-0.2, 0) is 16.0 Å². The summed E-state index contributed by atoms with van der Waals surface area (Å²) in [5.41, 5.74) is 2.50. The molecule has 2 amide bonds. The number of carbonyl (C=O) groups excluding carboxylic acids is 2. The minimum atomic E-state index is -0.516. The number of nitrogens with zero attached hydrogens (tertiary/aromatic N) is 2. The Morgan fingerprint density at radius 2 is 1.78 bits per heavy atom. The Balaban J connectivity index is 1.87. The number of carbonyl (C=O) groups is 2. The second kappa shape index (κ2) is 7.88. The predicted molar refractivity (Wildman–Crippen MR) is 105 cm³/mol. The van der Waals surface area contributed by atoms with E-state index in [1.165, 1.54) is 0 Å². The first-order valence-corrected chi connectivity index (χ1v) is 8.94. The molecule has 0 bridgehead atoms. The van der Waals surface area contributed by atoms with E-state index in [1.54, 1.807) is 17.0 Å². The molecule has 1 aliphatic rings. The molecule has 0 aromatic heterocycles. The highest BCUT2D eigenvalue weighted by molar-refractivity contribution is 6.37. The minimum absolute atomic E-state index is 0.0720. The Morgan fingerprint density at radius 1 is 1.11 bits per heavy atom. The van der Waals surface area contributed by atoms with Crippen LogP contribution in [0, 0.1) is 11.3 Å². The molecule has 3 rings (SSSR count). The van der Waals surface area contributed by atoms with Crippen LogP contribution in [0.25, 0.3) is 5.57 Å². The van der Waals surface area contributed by atoms with Crippen LogP contribution < -0.4 is 10.2 Å². The molecule has 2 aromatic rings. The molecule has 0 radical (unpaired) electrons. The number of anilines is 1. The van der Waals surface area contributed by atoms with Crippen LogP contribution >= 0.6 is 0 Å². The van der Waals surface area contributed by atoms with Gasteiger partial charge in [-0.2, -0.15) is 5.26 Å². The smallest absolute Gasteiger partial charge is 0.262 e. The van der Waals surface area contributed by atoms with Crippen LogP contribution in [0.5, 0.6) is 0 Å². The molecule has 0 saturated carbocycles. The average Bonchev–Trinajstić information content (AvgIpc) is 2.96. The minimum Gasteiger partial charge on any atom is -0.351 e. The lowest BCUT2D eigenvalue weighted by Crippen LogP contribution is -2.34. The van der Waals surface area contributed by atoms with E-state index < -0.39 is 5.91 Å². The van der Waals surface area contributed by atoms with Crippen LogP contribution in [-0.4, -0.2) is 24.4 Å². The zero-order valence-corrected chi connectivity index (χ0v) is 15.4. The number of hydrogen-bond donors (Lipinski definition) is 1. The molecule has 5 nitrogen and oxygen atoms in total. The van der Waals surface area contributed by atoms with E-state index in [0.717, 1.165) is 11.3 Å². The van der Waals surface area contributed by atoms with Crippen LogP contribution in [0.3, 0.4) is 0 Å². The maximum atomic E-state index is 12.9. The monoisotopic (exact) mass is 359 g/mol. The lowest BCUT2D eigenvalue weighted by Gasteiger charge is -2.21. The van der Waals surface area contributed by atoms with Crippen molar-refractivity contribution in [2.45, 2.75) is 26.3 Å². The number of fused-ring (bicyclic) bond motifs is 1. The summed E-state index contributed by atoms with van der Waals surface area (Å²) in [6.07, 6.45) is 0.656. The van der Waals surface area contributed by atoms with Gasteiger partial charge >= 0.3 is 0 Å². The van der Waals surface area contributed by atoms with Crippen molar-refractivity contribution in [3.63, 3.8) is 0 Å². The van der Waals surface area contributed by atoms with Gasteiger partial charge < -0.3 is 10.2 Å². The number of amides is 2. The van der Waals surface area contributed by atoms with Crippen LogP contribution in [0.1, 0.15) is 25.0 Å². The Morgan fingerprint density at radius 3 is 2.44 bits per heavy atom. The zero-order valence-electron chi connectivity index (χ0n) is 15.4. The third-order valence-corrected chi connectivity index (χ3v) is 4.51. The molecule has 1 heterocycles. The Hall–Kier alpha value is -3.39. The SMILES string of the molecule is CC(C)N1C(=O)C(=C(C#N)C(=O)NCCc2ccccc2)c2ccccc21. The number of nitrogens with one attached hydrogen (secondary N) is 1. The van der Waals surface area contributed by atoms with E-state index in [1.807, 2.05) is 62.4 Å². The summed E-state index contributed by atoms with van der Waals surface area (Å²) >= 11 is 0. The van der Waals surface area contributed by atoms with Gasteiger partial charge in [0, 0.05) is 18.2 Å². The van der Waals surface area contributed by atoms with Crippen molar-refractivity contribution in [1.82, 2.24) is 5.32 Å². The van der Waals surface area contributed by atoms with Gasteiger partial charge in [-0.15, -0.1) is 0 Å². The van der Waals surface area contributed by atoms with E-state index >= 15 is 0 Å². The van der Waals surface area contributed by atoms with Crippen molar-refractivity contribution in [2.24, 2.45) is 0 Å². The van der Waals surface area contributed by atoms with Crippen LogP contribution in [0.15, 0.2) is 60.2 Å². The maximum absolute atomic E-state index is 12.9. The lowest BCUT2D eigenvalue weighted by atomic mass is 10.0. The van der Waals surface area contributed by atoms with E-state index in [2.05, 4.69) is 5.32 Å². The van der Waals surface area contributed by atoms with E-state index in [0.29, 0.717) is 18.5 Å². The topological polar surface area (TPSA) is 73.2 Å². The molecule has 27 heavy (non-hydrogen) atoms. The van der Waals surface area contributed by atoms with Gasteiger partial charge in [-0.3, -0.25) is 9.59 Å². The van der Waals surface area contributed by atoms with Crippen molar-refractivity contribution in [3.05, 3.63) is 71.3 Å². The molecule has 5 heteroatoms. The first kappa shape index (κ1) is 18.4. The third kappa shape index (κ3) is 3.61. The van der Waals surface area contributed by atoms with Gasteiger partial charge in [0.15, 0.2) is 0 Å². The second-order valence-electron chi connectivity index (χ2n) is 6.64. The summed E-state index contributed by atoms with van der Waals surface area (Å²) in [6.45, 7) is 4.21. The molecule has 0 unspecified atom stereocenters. The van der Waals surface area contributed by atoms with Crippen LogP contribution in [0.4, 0.5) is 5.69 Å². The Kier molecular flexibility index (Phi) is 5.37. The van der Waals surface area contributed by atoms with Gasteiger partial charge in [-0.25, -0.2) is 0 Å². The summed E-state index contributed by atoms with van der Waals surface area (Å²) in [6, 6.07) is 18.9. The highest BCUT2D eigenvalue weighted by Crippen LogP contribution is 2.39. The maximum Gasteiger partial charge on any atom is 0.262 e. The largest absolute Gasteiger partial charge is 0.351 e. The number of para-hydroxylation sites is 1. The zero-order chi connectivity index (χ0) is 19.4. The third-order valence-electron chi connectivity index (χ3n) is 4.51. The molecule has 1 N–H and O–H groups in total. The van der Waals surface area contributed by atoms with Gasteiger partial charge in [-0.1, -0.05) is 48.5 Å². The van der Waals surface area contributed by atoms with E-state index in [9.17, 15) is 14.9 Å². The summed E-state index contributed by atoms with van der Waals surface area (Å²) < 4.78 is 0. The molecule has 2 aromatic carbocycles. The number of hydrogen-bond acceptors (Lipinski definition) is 3. The number of nitriles is 1. The normalized spacial score (nSPS) is 14.7. The second-order valence-corrected chi connectivity index (χ2v) is 6.64. The van der Waals surface area contributed by atoms with Crippen molar-refractivity contribution >= 4 is 23.1 Å². The molecule has 0 saturated heterocycles. The van der Waals surface area contributed by atoms with Crippen molar-refractivity contribution in [2.75, 3.05) is 11.4 Å². The van der Waals surface area contributed by atoms with Crippen LogP contribution in [0.2, 0.25) is 0 Å². The fraction of sp³-hybridized carbons (Fsp3) is 0.227. The van der Waals surface area contributed by atoms with Gasteiger partial charge in [0.2, 0.25) is 0 Å². The first-order chi connectivity index (χ1) is 13.0. The summed E-state index contributed by atoms with van der Waals surface area (Å²) in [7, 11) is 0. The van der Waals surface area contributed by atoms with E-state index in [4.69, 9.17) is 0 Å². The van der Waals surface area contributed by atoms with Gasteiger partial charge in [0.1, 0.15) is 11.6 Å². The average molecular weight is 359 g/mol. The van der Waals surface area contributed by atoms with Crippen molar-refractivity contribution in [1.29, 1.82) is 5.26 Å². The molecule has 0 spiro atoms. The highest BCUT2D eigenvalue weighted by atomic mass is 16.2. The van der Waals surface area contributed by atoms with Gasteiger partial charge in [-0.05, 0) is 31.9 Å². The van der Waals surface area contributed by atoms with E-state index in [-0.39, 0.29) is 23.1 Å². The Labute approximate surface area is 158 Å². The molecule has 0 fully saturated rings. The van der Waals surface area contributed by atoms with Gasteiger partial charge in [0.25, 0.3) is 11.8 Å². The summed E-state index contributed by atoms with van der Waals surface area (Å²) in [4.78, 5) is 27.2.